The van der Waals surface area contributed by atoms with Crippen LogP contribution in [0.3, 0.4) is 0 Å². The third-order valence-electron chi connectivity index (χ3n) is 3.00. The maximum atomic E-state index is 3.54. The molecule has 0 saturated heterocycles. The lowest BCUT2D eigenvalue weighted by molar-refractivity contribution is 0.291. The van der Waals surface area contributed by atoms with Crippen molar-refractivity contribution in [1.29, 1.82) is 0 Å². The Labute approximate surface area is 114 Å². The molecule has 0 radical (unpaired) electrons. The second-order valence-corrected chi connectivity index (χ2v) is 5.54. The van der Waals surface area contributed by atoms with Crippen molar-refractivity contribution in [2.75, 3.05) is 32.0 Å². The Morgan fingerprint density at radius 3 is 2.71 bits per heavy atom. The van der Waals surface area contributed by atoms with Crippen LogP contribution < -0.4 is 5.32 Å². The molecule has 0 aliphatic rings. The quantitative estimate of drug-likeness (QED) is 0.823. The van der Waals surface area contributed by atoms with E-state index in [0.717, 1.165) is 23.5 Å². The molecular formula is C14H23BrN2. The first kappa shape index (κ1) is 14.5. The summed E-state index contributed by atoms with van der Waals surface area (Å²) in [6.45, 7) is 7.78. The van der Waals surface area contributed by atoms with Gasteiger partial charge >= 0.3 is 0 Å². The van der Waals surface area contributed by atoms with Gasteiger partial charge in [-0.2, -0.15) is 0 Å². The van der Waals surface area contributed by atoms with E-state index in [2.05, 4.69) is 65.2 Å². The van der Waals surface area contributed by atoms with E-state index in [9.17, 15) is 0 Å². The maximum absolute atomic E-state index is 3.54. The van der Waals surface area contributed by atoms with Gasteiger partial charge in [0, 0.05) is 29.8 Å². The lowest BCUT2D eigenvalue weighted by atomic mass is 10.1. The largest absolute Gasteiger partial charge is 0.383 e. The first-order chi connectivity index (χ1) is 8.13. The molecule has 1 aromatic carbocycles. The zero-order chi connectivity index (χ0) is 12.7. The van der Waals surface area contributed by atoms with Crippen LogP contribution in [0, 0.1) is 5.92 Å². The van der Waals surface area contributed by atoms with Gasteiger partial charge in [-0.15, -0.1) is 0 Å². The van der Waals surface area contributed by atoms with Gasteiger partial charge < -0.3 is 10.2 Å². The van der Waals surface area contributed by atoms with Crippen LogP contribution in [0.5, 0.6) is 0 Å². The predicted octanol–water partition coefficient (Wildman–Crippen LogP) is 3.84. The van der Waals surface area contributed by atoms with Gasteiger partial charge in [0.15, 0.2) is 0 Å². The zero-order valence-corrected chi connectivity index (χ0v) is 12.6. The molecule has 1 unspecified atom stereocenters. The summed E-state index contributed by atoms with van der Waals surface area (Å²) >= 11 is 3.54. The Bertz CT molecular complexity index is 328. The molecule has 1 aromatic rings. The molecule has 1 atom stereocenters. The average Bonchev–Trinajstić information content (AvgIpc) is 2.31. The van der Waals surface area contributed by atoms with Crippen molar-refractivity contribution in [3.8, 4) is 0 Å². The summed E-state index contributed by atoms with van der Waals surface area (Å²) in [7, 11) is 2.19. The lowest BCUT2D eigenvalue weighted by Crippen LogP contribution is -2.29. The molecule has 3 heteroatoms. The van der Waals surface area contributed by atoms with E-state index in [-0.39, 0.29) is 0 Å². The van der Waals surface area contributed by atoms with Crippen molar-refractivity contribution < 1.29 is 0 Å². The number of likely N-dealkylation sites (N-methyl/N-ethyl adjacent to an activating group) is 1. The smallest absolute Gasteiger partial charge is 0.0485 e. The molecule has 0 amide bonds. The zero-order valence-electron chi connectivity index (χ0n) is 11.0. The fraction of sp³-hybridized carbons (Fsp3) is 0.571. The highest BCUT2D eigenvalue weighted by Gasteiger charge is 2.04. The Hall–Kier alpha value is -0.540. The van der Waals surface area contributed by atoms with E-state index in [1.165, 1.54) is 18.7 Å². The van der Waals surface area contributed by atoms with Gasteiger partial charge in [0.25, 0.3) is 0 Å². The predicted molar refractivity (Wildman–Crippen MR) is 79.6 cm³/mol. The number of rotatable bonds is 7. The minimum atomic E-state index is 0.781. The molecule has 96 valence electrons. The third-order valence-corrected chi connectivity index (χ3v) is 3.69. The number of anilines is 1. The Morgan fingerprint density at radius 1 is 1.35 bits per heavy atom. The van der Waals surface area contributed by atoms with Gasteiger partial charge in [-0.05, 0) is 41.0 Å². The molecule has 1 N–H and O–H groups in total. The molecule has 0 aliphatic carbocycles. The maximum Gasteiger partial charge on any atom is 0.0485 e. The van der Waals surface area contributed by atoms with Crippen LogP contribution in [0.4, 0.5) is 5.69 Å². The minimum Gasteiger partial charge on any atom is -0.383 e. The van der Waals surface area contributed by atoms with Crippen LogP contribution in [0.1, 0.15) is 20.3 Å². The average molecular weight is 299 g/mol. The van der Waals surface area contributed by atoms with E-state index in [4.69, 9.17) is 0 Å². The Balaban J connectivity index is 2.26. The summed E-state index contributed by atoms with van der Waals surface area (Å²) < 4.78 is 1.13. The molecule has 0 aromatic heterocycles. The molecule has 0 fully saturated rings. The standard InChI is InChI=1S/C14H23BrN2/c1-4-12(2)11-17(3)10-9-16-14-8-6-5-7-13(14)15/h5-8,12,16H,4,9-11H2,1-3H3. The van der Waals surface area contributed by atoms with E-state index in [1.54, 1.807) is 0 Å². The molecule has 2 nitrogen and oxygen atoms in total. The normalized spacial score (nSPS) is 12.8. The van der Waals surface area contributed by atoms with Gasteiger partial charge in [-0.3, -0.25) is 0 Å². The molecule has 17 heavy (non-hydrogen) atoms. The van der Waals surface area contributed by atoms with E-state index in [0.29, 0.717) is 0 Å². The van der Waals surface area contributed by atoms with Crippen LogP contribution in [0.15, 0.2) is 28.7 Å². The SMILES string of the molecule is CCC(C)CN(C)CCNc1ccccc1Br. The van der Waals surface area contributed by atoms with Crippen molar-refractivity contribution in [2.24, 2.45) is 5.92 Å². The second kappa shape index (κ2) is 7.72. The first-order valence-corrected chi connectivity index (χ1v) is 7.09. The fourth-order valence-corrected chi connectivity index (χ4v) is 2.16. The first-order valence-electron chi connectivity index (χ1n) is 6.30. The van der Waals surface area contributed by atoms with Gasteiger partial charge in [-0.1, -0.05) is 32.4 Å². The highest BCUT2D eigenvalue weighted by Crippen LogP contribution is 2.20. The minimum absolute atomic E-state index is 0.781. The number of hydrogen-bond donors (Lipinski definition) is 1. The molecule has 1 rings (SSSR count). The summed E-state index contributed by atoms with van der Waals surface area (Å²) in [4.78, 5) is 2.39. The summed E-state index contributed by atoms with van der Waals surface area (Å²) in [5.41, 5.74) is 1.17. The monoisotopic (exact) mass is 298 g/mol. The van der Waals surface area contributed by atoms with Crippen LogP contribution in [0.25, 0.3) is 0 Å². The molecular weight excluding hydrogens is 276 g/mol. The fourth-order valence-electron chi connectivity index (χ4n) is 1.74. The number of nitrogens with one attached hydrogen (secondary N) is 1. The van der Waals surface area contributed by atoms with Gasteiger partial charge in [0.05, 0.1) is 0 Å². The van der Waals surface area contributed by atoms with E-state index < -0.39 is 0 Å². The van der Waals surface area contributed by atoms with Crippen LogP contribution >= 0.6 is 15.9 Å². The van der Waals surface area contributed by atoms with Crippen molar-refractivity contribution in [1.82, 2.24) is 4.90 Å². The third kappa shape index (κ3) is 5.55. The number of nitrogens with zero attached hydrogens (tertiary/aromatic N) is 1. The lowest BCUT2D eigenvalue weighted by Gasteiger charge is -2.21. The molecule has 0 aliphatic heterocycles. The molecule has 0 heterocycles. The van der Waals surface area contributed by atoms with Crippen molar-refractivity contribution >= 4 is 21.6 Å². The summed E-state index contributed by atoms with van der Waals surface area (Å²) in [5, 5.41) is 3.45. The molecule has 0 spiro atoms. The summed E-state index contributed by atoms with van der Waals surface area (Å²) in [5.74, 6) is 0.781. The van der Waals surface area contributed by atoms with Crippen molar-refractivity contribution in [3.05, 3.63) is 28.7 Å². The van der Waals surface area contributed by atoms with Crippen molar-refractivity contribution in [3.63, 3.8) is 0 Å². The summed E-state index contributed by atoms with van der Waals surface area (Å²) in [6, 6.07) is 8.24. The summed E-state index contributed by atoms with van der Waals surface area (Å²) in [6.07, 6.45) is 1.25. The van der Waals surface area contributed by atoms with Crippen LogP contribution in [-0.4, -0.2) is 31.6 Å². The molecule has 0 bridgehead atoms. The topological polar surface area (TPSA) is 15.3 Å². The Kier molecular flexibility index (Phi) is 6.60. The van der Waals surface area contributed by atoms with E-state index in [1.807, 2.05) is 6.07 Å². The second-order valence-electron chi connectivity index (χ2n) is 4.68. The Morgan fingerprint density at radius 2 is 2.06 bits per heavy atom. The van der Waals surface area contributed by atoms with Gasteiger partial charge in [-0.25, -0.2) is 0 Å². The number of hydrogen-bond acceptors (Lipinski definition) is 2. The number of benzene rings is 1. The van der Waals surface area contributed by atoms with Crippen LogP contribution in [0.2, 0.25) is 0 Å². The highest BCUT2D eigenvalue weighted by molar-refractivity contribution is 9.10. The van der Waals surface area contributed by atoms with Gasteiger partial charge in [0.2, 0.25) is 0 Å². The van der Waals surface area contributed by atoms with E-state index >= 15 is 0 Å². The highest BCUT2D eigenvalue weighted by atomic mass is 79.9. The number of halogens is 1. The van der Waals surface area contributed by atoms with Crippen molar-refractivity contribution in [2.45, 2.75) is 20.3 Å². The van der Waals surface area contributed by atoms with Crippen LogP contribution in [-0.2, 0) is 0 Å². The number of para-hydroxylation sites is 1. The van der Waals surface area contributed by atoms with Gasteiger partial charge in [0.1, 0.15) is 0 Å². The molecule has 0 saturated carbocycles.